The Bertz CT molecular complexity index is 262. The van der Waals surface area contributed by atoms with Gasteiger partial charge in [-0.25, -0.2) is 4.79 Å². The third-order valence-electron chi connectivity index (χ3n) is 2.35. The minimum Gasteiger partial charge on any atom is -0.481 e. The SMILES string of the molecule is CCSCC(C)NC(=O)NC(C)CCCC(=O)O. The van der Waals surface area contributed by atoms with E-state index < -0.39 is 5.97 Å². The van der Waals surface area contributed by atoms with Crippen molar-refractivity contribution in [1.82, 2.24) is 10.6 Å². The van der Waals surface area contributed by atoms with Gasteiger partial charge in [-0.3, -0.25) is 4.79 Å². The normalized spacial score (nSPS) is 13.7. The molecule has 2 unspecified atom stereocenters. The topological polar surface area (TPSA) is 78.4 Å². The van der Waals surface area contributed by atoms with E-state index in [0.29, 0.717) is 12.8 Å². The van der Waals surface area contributed by atoms with Crippen LogP contribution in [0.1, 0.15) is 40.0 Å². The van der Waals surface area contributed by atoms with E-state index in [1.807, 2.05) is 13.8 Å². The molecular weight excluding hydrogens is 252 g/mol. The summed E-state index contributed by atoms with van der Waals surface area (Å²) in [5, 5.41) is 14.2. The smallest absolute Gasteiger partial charge is 0.315 e. The number of nitrogens with one attached hydrogen (secondary N) is 2. The maximum absolute atomic E-state index is 11.6. The van der Waals surface area contributed by atoms with Crippen LogP contribution >= 0.6 is 11.8 Å². The van der Waals surface area contributed by atoms with Crippen LogP contribution in [0.5, 0.6) is 0 Å². The van der Waals surface area contributed by atoms with Crippen molar-refractivity contribution in [2.24, 2.45) is 0 Å². The Morgan fingerprint density at radius 3 is 2.39 bits per heavy atom. The second-order valence-corrected chi connectivity index (χ2v) is 5.68. The Kier molecular flexibility index (Phi) is 9.55. The number of carboxylic acid groups (broad SMARTS) is 1. The van der Waals surface area contributed by atoms with E-state index >= 15 is 0 Å². The maximum atomic E-state index is 11.6. The zero-order valence-corrected chi connectivity index (χ0v) is 12.2. The van der Waals surface area contributed by atoms with Crippen LogP contribution in [0.4, 0.5) is 4.79 Å². The standard InChI is InChI=1S/C12H24N2O3S/c1-4-18-8-10(3)14-12(17)13-9(2)6-5-7-11(15)16/h9-10H,4-8H2,1-3H3,(H,15,16)(H2,13,14,17). The van der Waals surface area contributed by atoms with E-state index in [0.717, 1.165) is 11.5 Å². The number of hydrogen-bond donors (Lipinski definition) is 3. The molecule has 0 spiro atoms. The lowest BCUT2D eigenvalue weighted by Crippen LogP contribution is -2.45. The molecule has 0 aliphatic heterocycles. The first-order chi connectivity index (χ1) is 8.45. The first-order valence-electron chi connectivity index (χ1n) is 6.32. The Labute approximate surface area is 113 Å². The van der Waals surface area contributed by atoms with Gasteiger partial charge in [-0.15, -0.1) is 0 Å². The molecule has 0 radical (unpaired) electrons. The number of rotatable bonds is 9. The van der Waals surface area contributed by atoms with Crippen molar-refractivity contribution in [1.29, 1.82) is 0 Å². The van der Waals surface area contributed by atoms with Crippen molar-refractivity contribution < 1.29 is 14.7 Å². The average Bonchev–Trinajstić information content (AvgIpc) is 2.25. The highest BCUT2D eigenvalue weighted by atomic mass is 32.2. The molecule has 2 atom stereocenters. The van der Waals surface area contributed by atoms with Crippen LogP contribution in [0.25, 0.3) is 0 Å². The molecule has 0 saturated heterocycles. The average molecular weight is 276 g/mol. The number of hydrogen-bond acceptors (Lipinski definition) is 3. The van der Waals surface area contributed by atoms with Gasteiger partial charge in [-0.1, -0.05) is 6.92 Å². The largest absolute Gasteiger partial charge is 0.481 e. The summed E-state index contributed by atoms with van der Waals surface area (Å²) < 4.78 is 0. The van der Waals surface area contributed by atoms with E-state index in [1.165, 1.54) is 0 Å². The molecule has 0 saturated carbocycles. The molecule has 0 aliphatic rings. The lowest BCUT2D eigenvalue weighted by molar-refractivity contribution is -0.137. The summed E-state index contributed by atoms with van der Waals surface area (Å²) in [6.45, 7) is 5.94. The number of amides is 2. The fourth-order valence-electron chi connectivity index (χ4n) is 1.46. The zero-order valence-electron chi connectivity index (χ0n) is 11.4. The number of carbonyl (C=O) groups excluding carboxylic acids is 1. The van der Waals surface area contributed by atoms with E-state index in [-0.39, 0.29) is 24.5 Å². The Hall–Kier alpha value is -0.910. The fraction of sp³-hybridized carbons (Fsp3) is 0.833. The van der Waals surface area contributed by atoms with Crippen LogP contribution in [0, 0.1) is 0 Å². The summed E-state index contributed by atoms with van der Waals surface area (Å²) in [7, 11) is 0. The molecule has 18 heavy (non-hydrogen) atoms. The van der Waals surface area contributed by atoms with Gasteiger partial charge in [-0.05, 0) is 32.4 Å². The van der Waals surface area contributed by atoms with Crippen molar-refractivity contribution in [3.05, 3.63) is 0 Å². The summed E-state index contributed by atoms with van der Waals surface area (Å²) in [6, 6.07) is -0.0430. The Morgan fingerprint density at radius 1 is 1.22 bits per heavy atom. The minimum atomic E-state index is -0.795. The summed E-state index contributed by atoms with van der Waals surface area (Å²) in [4.78, 5) is 21.9. The molecule has 0 aromatic carbocycles. The van der Waals surface area contributed by atoms with Gasteiger partial charge in [0.05, 0.1) is 0 Å². The van der Waals surface area contributed by atoms with Gasteiger partial charge in [0, 0.05) is 24.3 Å². The third kappa shape index (κ3) is 10.3. The van der Waals surface area contributed by atoms with Crippen molar-refractivity contribution in [2.75, 3.05) is 11.5 Å². The molecule has 0 aromatic heterocycles. The lowest BCUT2D eigenvalue weighted by Gasteiger charge is -2.17. The van der Waals surface area contributed by atoms with Crippen LogP contribution in [0.3, 0.4) is 0 Å². The monoisotopic (exact) mass is 276 g/mol. The van der Waals surface area contributed by atoms with Gasteiger partial charge in [0.25, 0.3) is 0 Å². The molecule has 0 aliphatic carbocycles. The van der Waals surface area contributed by atoms with E-state index in [1.54, 1.807) is 11.8 Å². The van der Waals surface area contributed by atoms with Gasteiger partial charge < -0.3 is 15.7 Å². The third-order valence-corrected chi connectivity index (χ3v) is 3.50. The Balaban J connectivity index is 3.69. The van der Waals surface area contributed by atoms with Gasteiger partial charge in [-0.2, -0.15) is 11.8 Å². The summed E-state index contributed by atoms with van der Waals surface area (Å²) in [5.74, 6) is 1.15. The van der Waals surface area contributed by atoms with E-state index in [9.17, 15) is 9.59 Å². The predicted molar refractivity (Wildman–Crippen MR) is 75.1 cm³/mol. The first-order valence-corrected chi connectivity index (χ1v) is 7.47. The van der Waals surface area contributed by atoms with E-state index in [4.69, 9.17) is 5.11 Å². The maximum Gasteiger partial charge on any atom is 0.315 e. The minimum absolute atomic E-state index is 0.00428. The number of aliphatic carboxylic acids is 1. The second kappa shape index (κ2) is 10.1. The van der Waals surface area contributed by atoms with Crippen LogP contribution in [0.2, 0.25) is 0 Å². The predicted octanol–water partition coefficient (Wildman–Crippen LogP) is 2.07. The van der Waals surface area contributed by atoms with Crippen LogP contribution in [-0.4, -0.2) is 40.7 Å². The summed E-state index contributed by atoms with van der Waals surface area (Å²) in [6.07, 6.45) is 1.41. The highest BCUT2D eigenvalue weighted by Gasteiger charge is 2.10. The number of carboxylic acids is 1. The fourth-order valence-corrected chi connectivity index (χ4v) is 2.13. The molecule has 0 heterocycles. The molecule has 0 rings (SSSR count). The molecule has 0 aromatic rings. The molecule has 106 valence electrons. The number of carbonyl (C=O) groups is 2. The molecule has 0 fully saturated rings. The first kappa shape index (κ1) is 17.1. The van der Waals surface area contributed by atoms with Crippen molar-refractivity contribution in [3.63, 3.8) is 0 Å². The number of thioether (sulfide) groups is 1. The second-order valence-electron chi connectivity index (χ2n) is 4.37. The molecule has 5 nitrogen and oxygen atoms in total. The van der Waals surface area contributed by atoms with Crippen LogP contribution in [-0.2, 0) is 4.79 Å². The van der Waals surface area contributed by atoms with E-state index in [2.05, 4.69) is 17.6 Å². The highest BCUT2D eigenvalue weighted by Crippen LogP contribution is 2.02. The highest BCUT2D eigenvalue weighted by molar-refractivity contribution is 7.99. The van der Waals surface area contributed by atoms with Crippen LogP contribution < -0.4 is 10.6 Å². The van der Waals surface area contributed by atoms with Gasteiger partial charge in [0.1, 0.15) is 0 Å². The van der Waals surface area contributed by atoms with Gasteiger partial charge in [0.15, 0.2) is 0 Å². The van der Waals surface area contributed by atoms with Crippen molar-refractivity contribution >= 4 is 23.8 Å². The molecule has 2 amide bonds. The quantitative estimate of drug-likeness (QED) is 0.602. The van der Waals surface area contributed by atoms with Gasteiger partial charge >= 0.3 is 12.0 Å². The van der Waals surface area contributed by atoms with Gasteiger partial charge in [0.2, 0.25) is 0 Å². The molecular formula is C12H24N2O3S. The van der Waals surface area contributed by atoms with Crippen molar-refractivity contribution in [3.8, 4) is 0 Å². The molecule has 0 bridgehead atoms. The lowest BCUT2D eigenvalue weighted by atomic mass is 10.1. The molecule has 6 heteroatoms. The zero-order chi connectivity index (χ0) is 14.0. The Morgan fingerprint density at radius 2 is 1.83 bits per heavy atom. The number of urea groups is 1. The summed E-state index contributed by atoms with van der Waals surface area (Å²) >= 11 is 1.79. The van der Waals surface area contributed by atoms with Crippen molar-refractivity contribution in [2.45, 2.75) is 52.1 Å². The molecule has 3 N–H and O–H groups in total. The summed E-state index contributed by atoms with van der Waals surface area (Å²) in [5.41, 5.74) is 0. The van der Waals surface area contributed by atoms with Crippen LogP contribution in [0.15, 0.2) is 0 Å².